The van der Waals surface area contributed by atoms with Crippen LogP contribution in [0.25, 0.3) is 0 Å². The molecule has 0 radical (unpaired) electrons. The number of nitriles is 1. The number of hydrogen-bond acceptors (Lipinski definition) is 6. The fraction of sp³-hybridized carbons (Fsp3) is 0.286. The summed E-state index contributed by atoms with van der Waals surface area (Å²) < 4.78 is 44.3. The molecular formula is C14H11F3N4O3. The van der Waals surface area contributed by atoms with E-state index >= 15 is 0 Å². The van der Waals surface area contributed by atoms with Gasteiger partial charge in [0, 0.05) is 0 Å². The van der Waals surface area contributed by atoms with Crippen molar-refractivity contribution >= 4 is 5.97 Å². The third kappa shape index (κ3) is 2.93. The molecule has 1 aromatic carbocycles. The molecule has 0 bridgehead atoms. The zero-order valence-corrected chi connectivity index (χ0v) is 12.3. The summed E-state index contributed by atoms with van der Waals surface area (Å²) in [5.74, 6) is -1.92. The van der Waals surface area contributed by atoms with E-state index in [1.807, 2.05) is 6.07 Å². The van der Waals surface area contributed by atoms with E-state index in [1.54, 1.807) is 18.2 Å². The molecule has 0 fully saturated rings. The molecule has 2 aromatic rings. The van der Waals surface area contributed by atoms with Crippen molar-refractivity contribution in [3.8, 4) is 6.07 Å². The summed E-state index contributed by atoms with van der Waals surface area (Å²) in [4.78, 5) is 11.4. The van der Waals surface area contributed by atoms with Gasteiger partial charge in [-0.1, -0.05) is 23.4 Å². The van der Waals surface area contributed by atoms with Crippen molar-refractivity contribution in [3.63, 3.8) is 0 Å². The first-order chi connectivity index (χ1) is 11.2. The Kier molecular flexibility index (Phi) is 4.57. The first-order valence-electron chi connectivity index (χ1n) is 6.50. The zero-order valence-electron chi connectivity index (χ0n) is 12.3. The molecule has 1 heterocycles. The average Bonchev–Trinajstić information content (AvgIpc) is 3.01. The highest BCUT2D eigenvalue weighted by Crippen LogP contribution is 2.38. The number of methoxy groups -OCH3 is 1. The maximum atomic E-state index is 13.1. The van der Waals surface area contributed by atoms with Crippen LogP contribution in [-0.4, -0.2) is 39.4 Å². The fourth-order valence-corrected chi connectivity index (χ4v) is 2.00. The number of nitrogens with zero attached hydrogens (tertiary/aromatic N) is 4. The van der Waals surface area contributed by atoms with Crippen molar-refractivity contribution in [2.75, 3.05) is 7.11 Å². The molecule has 1 atom stereocenters. The molecule has 0 spiro atoms. The van der Waals surface area contributed by atoms with E-state index < -0.39 is 23.4 Å². The largest absolute Gasteiger partial charge is 0.466 e. The Morgan fingerprint density at radius 2 is 2.08 bits per heavy atom. The van der Waals surface area contributed by atoms with Crippen molar-refractivity contribution in [3.05, 3.63) is 47.3 Å². The Morgan fingerprint density at radius 3 is 2.67 bits per heavy atom. The second-order valence-electron chi connectivity index (χ2n) is 4.77. The van der Waals surface area contributed by atoms with E-state index in [4.69, 9.17) is 5.26 Å². The van der Waals surface area contributed by atoms with Gasteiger partial charge in [-0.2, -0.15) is 18.4 Å². The molecule has 0 aliphatic carbocycles. The number of rotatable bonds is 4. The zero-order chi connectivity index (χ0) is 18.0. The monoisotopic (exact) mass is 340 g/mol. The van der Waals surface area contributed by atoms with Gasteiger partial charge >= 0.3 is 17.7 Å². The third-order valence-electron chi connectivity index (χ3n) is 3.27. The standard InChI is InChI=1S/C14H11F3N4O3/c1-24-12(22)13(23,14(15,16)17)11-8-21(20-19-11)7-10-5-3-2-4-9(10)6-18/h2-5,8,23H,7H2,1H3. The summed E-state index contributed by atoms with van der Waals surface area (Å²) in [6, 6.07) is 8.35. The van der Waals surface area contributed by atoms with Gasteiger partial charge in [-0.15, -0.1) is 5.10 Å². The van der Waals surface area contributed by atoms with Crippen LogP contribution in [0.3, 0.4) is 0 Å². The maximum Gasteiger partial charge on any atom is 0.434 e. The summed E-state index contributed by atoms with van der Waals surface area (Å²) in [5.41, 5.74) is -4.13. The lowest BCUT2D eigenvalue weighted by molar-refractivity contribution is -0.268. The lowest BCUT2D eigenvalue weighted by Gasteiger charge is -2.25. The van der Waals surface area contributed by atoms with Gasteiger partial charge in [-0.05, 0) is 11.6 Å². The Morgan fingerprint density at radius 1 is 1.42 bits per heavy atom. The summed E-state index contributed by atoms with van der Waals surface area (Å²) in [5, 5.41) is 25.5. The van der Waals surface area contributed by atoms with Crippen molar-refractivity contribution in [2.45, 2.75) is 18.3 Å². The van der Waals surface area contributed by atoms with Gasteiger partial charge in [0.25, 0.3) is 0 Å². The average molecular weight is 340 g/mol. The van der Waals surface area contributed by atoms with Gasteiger partial charge in [-0.25, -0.2) is 9.48 Å². The molecule has 0 amide bonds. The van der Waals surface area contributed by atoms with Crippen LogP contribution < -0.4 is 0 Å². The Hall–Kier alpha value is -2.93. The molecule has 1 N–H and O–H groups in total. The minimum absolute atomic E-state index is 0.0636. The number of esters is 1. The number of benzene rings is 1. The van der Waals surface area contributed by atoms with Gasteiger partial charge in [0.1, 0.15) is 5.69 Å². The van der Waals surface area contributed by atoms with Gasteiger partial charge in [0.2, 0.25) is 0 Å². The first-order valence-corrected chi connectivity index (χ1v) is 6.50. The highest BCUT2D eigenvalue weighted by atomic mass is 19.4. The summed E-state index contributed by atoms with van der Waals surface area (Å²) in [7, 11) is 0.715. The minimum atomic E-state index is -5.34. The third-order valence-corrected chi connectivity index (χ3v) is 3.27. The summed E-state index contributed by atoms with van der Waals surface area (Å²) in [6.45, 7) is -0.0636. The molecule has 0 aliphatic rings. The second-order valence-corrected chi connectivity index (χ2v) is 4.77. The van der Waals surface area contributed by atoms with Crippen molar-refractivity contribution in [1.29, 1.82) is 5.26 Å². The van der Waals surface area contributed by atoms with E-state index in [1.165, 1.54) is 6.07 Å². The topological polar surface area (TPSA) is 101 Å². The number of carbonyl (C=O) groups excluding carboxylic acids is 1. The summed E-state index contributed by atoms with van der Waals surface area (Å²) >= 11 is 0. The van der Waals surface area contributed by atoms with Gasteiger partial charge in [0.15, 0.2) is 0 Å². The number of aromatic nitrogens is 3. The van der Waals surface area contributed by atoms with Crippen LogP contribution in [0, 0.1) is 11.3 Å². The first kappa shape index (κ1) is 17.4. The second kappa shape index (κ2) is 6.29. The van der Waals surface area contributed by atoms with E-state index in [0.29, 0.717) is 18.2 Å². The highest BCUT2D eigenvalue weighted by Gasteiger charge is 2.64. The predicted octanol–water partition coefficient (Wildman–Crippen LogP) is 1.12. The van der Waals surface area contributed by atoms with Crippen LogP contribution in [0.1, 0.15) is 16.8 Å². The lowest BCUT2D eigenvalue weighted by Crippen LogP contribution is -2.50. The molecule has 1 unspecified atom stereocenters. The summed E-state index contributed by atoms with van der Waals surface area (Å²) in [6.07, 6.45) is -4.57. The molecular weight excluding hydrogens is 329 g/mol. The fourth-order valence-electron chi connectivity index (χ4n) is 2.00. The van der Waals surface area contributed by atoms with Crippen molar-refractivity contribution in [1.82, 2.24) is 15.0 Å². The molecule has 2 rings (SSSR count). The van der Waals surface area contributed by atoms with Gasteiger partial charge < -0.3 is 9.84 Å². The van der Waals surface area contributed by atoms with E-state index in [-0.39, 0.29) is 6.54 Å². The Balaban J connectivity index is 2.39. The van der Waals surface area contributed by atoms with Crippen LogP contribution in [-0.2, 0) is 21.7 Å². The number of hydrogen-bond donors (Lipinski definition) is 1. The molecule has 0 saturated carbocycles. The number of ether oxygens (including phenoxy) is 1. The van der Waals surface area contributed by atoms with E-state index in [0.717, 1.165) is 10.9 Å². The van der Waals surface area contributed by atoms with Crippen LogP contribution in [0.15, 0.2) is 30.5 Å². The maximum absolute atomic E-state index is 13.1. The van der Waals surface area contributed by atoms with Crippen LogP contribution in [0.4, 0.5) is 13.2 Å². The number of halogens is 3. The SMILES string of the molecule is COC(=O)C(O)(c1cn(Cc2ccccc2C#N)nn1)C(F)(F)F. The molecule has 7 nitrogen and oxygen atoms in total. The molecule has 10 heteroatoms. The molecule has 0 saturated heterocycles. The Bertz CT molecular complexity index is 797. The normalized spacial score (nSPS) is 13.8. The minimum Gasteiger partial charge on any atom is -0.466 e. The molecule has 24 heavy (non-hydrogen) atoms. The molecule has 0 aliphatic heterocycles. The van der Waals surface area contributed by atoms with Crippen LogP contribution in [0.2, 0.25) is 0 Å². The van der Waals surface area contributed by atoms with Gasteiger partial charge in [-0.3, -0.25) is 0 Å². The molecule has 126 valence electrons. The van der Waals surface area contributed by atoms with Crippen LogP contribution in [0.5, 0.6) is 0 Å². The van der Waals surface area contributed by atoms with Crippen LogP contribution >= 0.6 is 0 Å². The van der Waals surface area contributed by atoms with Gasteiger partial charge in [0.05, 0.1) is 31.5 Å². The van der Waals surface area contributed by atoms with E-state index in [2.05, 4.69) is 15.0 Å². The van der Waals surface area contributed by atoms with Crippen molar-refractivity contribution in [2.24, 2.45) is 0 Å². The highest BCUT2D eigenvalue weighted by molar-refractivity contribution is 5.81. The molecule has 1 aromatic heterocycles. The van der Waals surface area contributed by atoms with Crippen molar-refractivity contribution < 1.29 is 27.8 Å². The Labute approximate surface area is 133 Å². The number of alkyl halides is 3. The van der Waals surface area contributed by atoms with E-state index in [9.17, 15) is 23.1 Å². The predicted molar refractivity (Wildman–Crippen MR) is 72.2 cm³/mol. The smallest absolute Gasteiger partial charge is 0.434 e. The lowest BCUT2D eigenvalue weighted by atomic mass is 10.00. The number of aliphatic hydroxyl groups is 1. The number of carbonyl (C=O) groups is 1. The quantitative estimate of drug-likeness (QED) is 0.837.